The molecule has 0 bridgehead atoms. The van der Waals surface area contributed by atoms with Gasteiger partial charge in [-0.25, -0.2) is 0 Å². The van der Waals surface area contributed by atoms with Gasteiger partial charge in [-0.05, 0) is 41.3 Å². The van der Waals surface area contributed by atoms with E-state index in [0.717, 1.165) is 11.1 Å². The second-order valence-corrected chi connectivity index (χ2v) is 8.08. The number of benzene rings is 3. The first-order chi connectivity index (χ1) is 15.5. The van der Waals surface area contributed by atoms with Crippen molar-refractivity contribution in [3.05, 3.63) is 108 Å². The zero-order valence-electron chi connectivity index (χ0n) is 18.0. The molecule has 5 nitrogen and oxygen atoms in total. The molecular formula is C27H27N3O2. The van der Waals surface area contributed by atoms with E-state index >= 15 is 0 Å². The fraction of sp³-hybridized carbons (Fsp3) is 0.185. The van der Waals surface area contributed by atoms with Gasteiger partial charge in [0.25, 0.3) is 5.91 Å². The Labute approximate surface area is 188 Å². The minimum atomic E-state index is -0.168. The second-order valence-electron chi connectivity index (χ2n) is 8.08. The van der Waals surface area contributed by atoms with Gasteiger partial charge in [0, 0.05) is 24.3 Å². The van der Waals surface area contributed by atoms with E-state index in [1.165, 1.54) is 0 Å². The fourth-order valence-electron chi connectivity index (χ4n) is 4.16. The molecule has 3 aromatic carbocycles. The van der Waals surface area contributed by atoms with Gasteiger partial charge in [-0.3, -0.25) is 9.59 Å². The van der Waals surface area contributed by atoms with Gasteiger partial charge in [0.2, 0.25) is 5.91 Å². The van der Waals surface area contributed by atoms with Crippen LogP contribution in [0.3, 0.4) is 0 Å². The van der Waals surface area contributed by atoms with Gasteiger partial charge < -0.3 is 15.5 Å². The summed E-state index contributed by atoms with van der Waals surface area (Å²) >= 11 is 0. The van der Waals surface area contributed by atoms with Gasteiger partial charge in [-0.2, -0.15) is 0 Å². The summed E-state index contributed by atoms with van der Waals surface area (Å²) in [6.45, 7) is 4.82. The van der Waals surface area contributed by atoms with Gasteiger partial charge in [0.15, 0.2) is 0 Å². The van der Waals surface area contributed by atoms with E-state index in [0.29, 0.717) is 36.3 Å². The lowest BCUT2D eigenvalue weighted by Gasteiger charge is -2.41. The van der Waals surface area contributed by atoms with E-state index < -0.39 is 0 Å². The molecule has 0 spiro atoms. The van der Waals surface area contributed by atoms with E-state index in [9.17, 15) is 9.59 Å². The Morgan fingerprint density at radius 3 is 2.31 bits per heavy atom. The third kappa shape index (κ3) is 4.72. The number of piperazine rings is 1. The monoisotopic (exact) mass is 425 g/mol. The molecule has 0 saturated carbocycles. The largest absolute Gasteiger partial charge is 0.398 e. The fourth-order valence-corrected chi connectivity index (χ4v) is 4.16. The number of nitrogens with two attached hydrogens (primary N) is 1. The molecule has 0 aromatic heterocycles. The molecule has 0 unspecified atom stereocenters. The summed E-state index contributed by atoms with van der Waals surface area (Å²) in [5.41, 5.74) is 9.95. The smallest absolute Gasteiger partial charge is 0.254 e. The topological polar surface area (TPSA) is 66.6 Å². The maximum atomic E-state index is 13.3. The zero-order valence-corrected chi connectivity index (χ0v) is 18.0. The molecular weight excluding hydrogens is 398 g/mol. The highest BCUT2D eigenvalue weighted by Gasteiger charge is 2.35. The Bertz CT molecular complexity index is 1110. The van der Waals surface area contributed by atoms with Gasteiger partial charge in [-0.15, -0.1) is 0 Å². The van der Waals surface area contributed by atoms with Crippen LogP contribution < -0.4 is 5.73 Å². The van der Waals surface area contributed by atoms with Crippen molar-refractivity contribution in [1.29, 1.82) is 0 Å². The van der Waals surface area contributed by atoms with E-state index in [-0.39, 0.29) is 24.4 Å². The Balaban J connectivity index is 1.59. The highest BCUT2D eigenvalue weighted by atomic mass is 16.2. The summed E-state index contributed by atoms with van der Waals surface area (Å²) in [6, 6.07) is 25.1. The van der Waals surface area contributed by atoms with E-state index in [2.05, 4.69) is 18.7 Å². The van der Waals surface area contributed by atoms with Crippen LogP contribution in [0.25, 0.3) is 6.08 Å². The number of carbonyl (C=O) groups is 2. The normalized spacial score (nSPS) is 16.1. The summed E-state index contributed by atoms with van der Waals surface area (Å²) in [4.78, 5) is 30.0. The molecule has 2 amide bonds. The molecule has 162 valence electrons. The molecule has 1 fully saturated rings. The molecule has 0 aliphatic carbocycles. The maximum Gasteiger partial charge on any atom is 0.254 e. The zero-order chi connectivity index (χ0) is 22.5. The lowest BCUT2D eigenvalue weighted by atomic mass is 10.00. The highest BCUT2D eigenvalue weighted by Crippen LogP contribution is 2.22. The van der Waals surface area contributed by atoms with Crippen molar-refractivity contribution in [1.82, 2.24) is 9.80 Å². The second kappa shape index (κ2) is 9.52. The van der Waals surface area contributed by atoms with Gasteiger partial charge in [0.1, 0.15) is 6.54 Å². The first-order valence-electron chi connectivity index (χ1n) is 10.7. The molecule has 1 atom stereocenters. The summed E-state index contributed by atoms with van der Waals surface area (Å²) in [7, 11) is 0. The standard InChI is InChI=1S/C27H27N3O2/c1-2-22-16-23(13-14-25(22)28)27(32)29-18-24(15-20-9-5-3-6-10-20)30(26(31)19-29)17-21-11-7-4-8-12-21/h2-14,16,24H,1,15,17-19,28H2/t24-/m0/s1. The highest BCUT2D eigenvalue weighted by molar-refractivity contribution is 5.98. The van der Waals surface area contributed by atoms with Crippen LogP contribution in [0.1, 0.15) is 27.0 Å². The predicted molar refractivity (Wildman–Crippen MR) is 128 cm³/mol. The van der Waals surface area contributed by atoms with Crippen molar-refractivity contribution in [2.45, 2.75) is 19.0 Å². The van der Waals surface area contributed by atoms with Crippen molar-refractivity contribution >= 4 is 23.6 Å². The predicted octanol–water partition coefficient (Wildman–Crippen LogP) is 4.01. The average Bonchev–Trinajstić information content (AvgIpc) is 2.82. The SMILES string of the molecule is C=Cc1cc(C(=O)N2CC(=O)N(Cc3ccccc3)[C@@H](Cc3ccccc3)C2)ccc1N. The lowest BCUT2D eigenvalue weighted by Crippen LogP contribution is -2.58. The molecule has 1 aliphatic rings. The quantitative estimate of drug-likeness (QED) is 0.607. The third-order valence-electron chi connectivity index (χ3n) is 5.87. The molecule has 2 N–H and O–H groups in total. The Hall–Kier alpha value is -3.86. The van der Waals surface area contributed by atoms with E-state index in [1.54, 1.807) is 29.2 Å². The molecule has 4 rings (SSSR count). The van der Waals surface area contributed by atoms with Crippen molar-refractivity contribution in [3.63, 3.8) is 0 Å². The van der Waals surface area contributed by atoms with Gasteiger partial charge >= 0.3 is 0 Å². The summed E-state index contributed by atoms with van der Waals surface area (Å²) in [5, 5.41) is 0. The minimum absolute atomic E-state index is 0.0474. The number of nitrogens with zero attached hydrogens (tertiary/aromatic N) is 2. The van der Waals surface area contributed by atoms with Crippen LogP contribution in [0, 0.1) is 0 Å². The van der Waals surface area contributed by atoms with E-state index in [1.807, 2.05) is 53.4 Å². The van der Waals surface area contributed by atoms with Gasteiger partial charge in [-0.1, -0.05) is 73.3 Å². The maximum absolute atomic E-state index is 13.3. The van der Waals surface area contributed by atoms with Crippen LogP contribution in [0.5, 0.6) is 0 Å². The van der Waals surface area contributed by atoms with Crippen molar-refractivity contribution in [2.75, 3.05) is 18.8 Å². The average molecular weight is 426 g/mol. The summed E-state index contributed by atoms with van der Waals surface area (Å²) in [5.74, 6) is -0.215. The first-order valence-corrected chi connectivity index (χ1v) is 10.7. The van der Waals surface area contributed by atoms with E-state index in [4.69, 9.17) is 5.73 Å². The first kappa shape index (κ1) is 21.4. The Morgan fingerprint density at radius 1 is 1.00 bits per heavy atom. The van der Waals surface area contributed by atoms with Gasteiger partial charge in [0.05, 0.1) is 6.04 Å². The van der Waals surface area contributed by atoms with Crippen LogP contribution in [-0.4, -0.2) is 40.7 Å². The van der Waals surface area contributed by atoms with Crippen LogP contribution in [0.4, 0.5) is 5.69 Å². The number of hydrogen-bond donors (Lipinski definition) is 1. The molecule has 3 aromatic rings. The van der Waals surface area contributed by atoms with Crippen molar-refractivity contribution in [2.24, 2.45) is 0 Å². The number of anilines is 1. The summed E-state index contributed by atoms with van der Waals surface area (Å²) < 4.78 is 0. The molecule has 0 radical (unpaired) electrons. The number of rotatable bonds is 6. The number of nitrogen functional groups attached to an aromatic ring is 1. The van der Waals surface area contributed by atoms with Crippen LogP contribution in [-0.2, 0) is 17.8 Å². The number of hydrogen-bond acceptors (Lipinski definition) is 3. The number of carbonyl (C=O) groups excluding carboxylic acids is 2. The molecule has 1 aliphatic heterocycles. The molecule has 1 saturated heterocycles. The molecule has 32 heavy (non-hydrogen) atoms. The molecule has 1 heterocycles. The summed E-state index contributed by atoms with van der Waals surface area (Å²) in [6.07, 6.45) is 2.32. The van der Waals surface area contributed by atoms with Crippen LogP contribution in [0.15, 0.2) is 85.4 Å². The number of amides is 2. The van der Waals surface area contributed by atoms with Crippen LogP contribution in [0.2, 0.25) is 0 Å². The lowest BCUT2D eigenvalue weighted by molar-refractivity contribution is -0.139. The van der Waals surface area contributed by atoms with Crippen molar-refractivity contribution in [3.8, 4) is 0 Å². The minimum Gasteiger partial charge on any atom is -0.398 e. The third-order valence-corrected chi connectivity index (χ3v) is 5.87. The Morgan fingerprint density at radius 2 is 1.66 bits per heavy atom. The van der Waals surface area contributed by atoms with Crippen molar-refractivity contribution < 1.29 is 9.59 Å². The van der Waals surface area contributed by atoms with Crippen LogP contribution >= 0.6 is 0 Å². The molecule has 5 heteroatoms. The Kier molecular flexibility index (Phi) is 6.36.